The van der Waals surface area contributed by atoms with E-state index in [1.807, 2.05) is 0 Å². The zero-order valence-corrected chi connectivity index (χ0v) is 9.62. The van der Waals surface area contributed by atoms with E-state index < -0.39 is 0 Å². The van der Waals surface area contributed by atoms with Crippen LogP contribution in [0.4, 0.5) is 0 Å². The fraction of sp³-hybridized carbons (Fsp3) is 0.267. The molecule has 1 radical (unpaired) electrons. The molecule has 0 amide bonds. The summed E-state index contributed by atoms with van der Waals surface area (Å²) in [5.74, 6) is 0.525. The second-order valence-electron chi connectivity index (χ2n) is 4.31. The lowest BCUT2D eigenvalue weighted by molar-refractivity contribution is 0.868. The predicted molar refractivity (Wildman–Crippen MR) is 66.3 cm³/mol. The van der Waals surface area contributed by atoms with Crippen molar-refractivity contribution in [1.82, 2.24) is 0 Å². The molecule has 1 aliphatic carbocycles. The minimum Gasteiger partial charge on any atom is -0.0687 e. The lowest BCUT2D eigenvalue weighted by Crippen LogP contribution is -2.07. The summed E-state index contributed by atoms with van der Waals surface area (Å²) in [4.78, 5) is 0. The van der Waals surface area contributed by atoms with Gasteiger partial charge in [-0.05, 0) is 42.9 Å². The van der Waals surface area contributed by atoms with Crippen LogP contribution >= 0.6 is 0 Å². The first-order valence-corrected chi connectivity index (χ1v) is 5.48. The van der Waals surface area contributed by atoms with Crippen LogP contribution in [-0.2, 0) is 0 Å². The highest BCUT2D eigenvalue weighted by Gasteiger charge is 2.17. The maximum absolute atomic E-state index is 2.33. The highest BCUT2D eigenvalue weighted by atomic mass is 14.2. The maximum Gasteiger partial charge on any atom is -0.00648 e. The third kappa shape index (κ3) is 2.04. The number of hydrogen-bond donors (Lipinski definition) is 0. The van der Waals surface area contributed by atoms with Crippen LogP contribution in [0.1, 0.15) is 26.3 Å². The molecular formula is C15H17. The van der Waals surface area contributed by atoms with Crippen molar-refractivity contribution in [3.8, 4) is 0 Å². The molecule has 0 unspecified atom stereocenters. The van der Waals surface area contributed by atoms with Crippen molar-refractivity contribution in [1.29, 1.82) is 0 Å². The Morgan fingerprint density at radius 2 is 1.67 bits per heavy atom. The smallest absolute Gasteiger partial charge is 0.00648 e. The van der Waals surface area contributed by atoms with Gasteiger partial charge in [0.25, 0.3) is 0 Å². The van der Waals surface area contributed by atoms with Gasteiger partial charge in [0, 0.05) is 0 Å². The summed E-state index contributed by atoms with van der Waals surface area (Å²) >= 11 is 0. The quantitative estimate of drug-likeness (QED) is 0.631. The molecule has 1 aliphatic rings. The van der Waals surface area contributed by atoms with Gasteiger partial charge in [0.2, 0.25) is 0 Å². The average molecular weight is 197 g/mol. The largest absolute Gasteiger partial charge is 0.0687 e. The Morgan fingerprint density at radius 3 is 2.27 bits per heavy atom. The van der Waals surface area contributed by atoms with Gasteiger partial charge in [0.1, 0.15) is 0 Å². The van der Waals surface area contributed by atoms with Crippen LogP contribution in [0.5, 0.6) is 0 Å². The van der Waals surface area contributed by atoms with Crippen LogP contribution in [0.3, 0.4) is 0 Å². The Balaban J connectivity index is 2.48. The van der Waals surface area contributed by atoms with Gasteiger partial charge in [-0.15, -0.1) is 0 Å². The first-order chi connectivity index (χ1) is 7.18. The van der Waals surface area contributed by atoms with Crippen LogP contribution in [0, 0.1) is 12.3 Å². The van der Waals surface area contributed by atoms with E-state index >= 15 is 0 Å². The van der Waals surface area contributed by atoms with E-state index in [4.69, 9.17) is 0 Å². The van der Waals surface area contributed by atoms with E-state index in [9.17, 15) is 0 Å². The summed E-state index contributed by atoms with van der Waals surface area (Å²) in [6.07, 6.45) is 4.59. The topological polar surface area (TPSA) is 0 Å². The molecule has 0 heterocycles. The molecule has 0 aromatic heterocycles. The van der Waals surface area contributed by atoms with Crippen molar-refractivity contribution in [3.63, 3.8) is 0 Å². The first-order valence-electron chi connectivity index (χ1n) is 5.48. The van der Waals surface area contributed by atoms with Crippen LogP contribution in [0.25, 0.3) is 5.57 Å². The molecule has 77 valence electrons. The highest BCUT2D eigenvalue weighted by Crippen LogP contribution is 2.34. The van der Waals surface area contributed by atoms with Crippen molar-refractivity contribution in [2.24, 2.45) is 5.92 Å². The van der Waals surface area contributed by atoms with Gasteiger partial charge in [0.05, 0.1) is 0 Å². The molecule has 1 aromatic rings. The highest BCUT2D eigenvalue weighted by molar-refractivity contribution is 5.75. The van der Waals surface area contributed by atoms with E-state index in [0.717, 1.165) is 0 Å². The Bertz CT molecular complexity index is 407. The number of benzene rings is 1. The first kappa shape index (κ1) is 10.2. The second kappa shape index (κ2) is 4.06. The van der Waals surface area contributed by atoms with E-state index in [1.54, 1.807) is 0 Å². The molecule has 0 spiro atoms. The molecule has 2 rings (SSSR count). The minimum absolute atomic E-state index is 0.525. The zero-order valence-electron chi connectivity index (χ0n) is 9.62. The number of rotatable bonds is 1. The van der Waals surface area contributed by atoms with Gasteiger partial charge >= 0.3 is 0 Å². The predicted octanol–water partition coefficient (Wildman–Crippen LogP) is 4.26. The third-order valence-electron chi connectivity index (χ3n) is 2.92. The number of allylic oxidation sites excluding steroid dienone is 4. The summed E-state index contributed by atoms with van der Waals surface area (Å²) in [7, 11) is 0. The molecule has 1 atom stereocenters. The summed E-state index contributed by atoms with van der Waals surface area (Å²) in [5.41, 5.74) is 5.58. The van der Waals surface area contributed by atoms with E-state index in [2.05, 4.69) is 63.6 Å². The average Bonchev–Trinajstić information content (AvgIpc) is 2.17. The second-order valence-corrected chi connectivity index (χ2v) is 4.31. The molecule has 0 fully saturated rings. The standard InChI is InChI=1S/C15H17/c1-11-9-12(2)15(13(3)10-11)14-7-5-4-6-8-14/h4-10,12H,1-3H3/t12-/m0/s1. The molecule has 0 aliphatic heterocycles. The van der Waals surface area contributed by atoms with Gasteiger partial charge in [0.15, 0.2) is 0 Å². The molecule has 0 bridgehead atoms. The van der Waals surface area contributed by atoms with Crippen LogP contribution in [-0.4, -0.2) is 0 Å². The SMILES string of the molecule is CC1=CC(C)=C(c2ccccc2)[C@@H](C)[CH]1. The Labute approximate surface area is 92.3 Å². The van der Waals surface area contributed by atoms with E-state index in [-0.39, 0.29) is 0 Å². The van der Waals surface area contributed by atoms with Crippen LogP contribution in [0.2, 0.25) is 0 Å². The molecular weight excluding hydrogens is 180 g/mol. The Morgan fingerprint density at radius 1 is 1.00 bits per heavy atom. The van der Waals surface area contributed by atoms with Gasteiger partial charge < -0.3 is 0 Å². The zero-order chi connectivity index (χ0) is 10.8. The molecule has 0 N–H and O–H groups in total. The fourth-order valence-corrected chi connectivity index (χ4v) is 2.41. The van der Waals surface area contributed by atoms with Crippen molar-refractivity contribution >= 4 is 5.57 Å². The fourth-order valence-electron chi connectivity index (χ4n) is 2.41. The van der Waals surface area contributed by atoms with Gasteiger partial charge in [-0.1, -0.05) is 48.9 Å². The van der Waals surface area contributed by atoms with Crippen molar-refractivity contribution < 1.29 is 0 Å². The molecule has 0 heteroatoms. The van der Waals surface area contributed by atoms with Crippen molar-refractivity contribution in [2.75, 3.05) is 0 Å². The molecule has 0 nitrogen and oxygen atoms in total. The maximum atomic E-state index is 2.33. The monoisotopic (exact) mass is 197 g/mol. The van der Waals surface area contributed by atoms with Gasteiger partial charge in [-0.2, -0.15) is 0 Å². The number of hydrogen-bond acceptors (Lipinski definition) is 0. The normalized spacial score (nSPS) is 21.5. The van der Waals surface area contributed by atoms with Crippen LogP contribution < -0.4 is 0 Å². The molecule has 1 aromatic carbocycles. The van der Waals surface area contributed by atoms with Crippen molar-refractivity contribution in [2.45, 2.75) is 20.8 Å². The lowest BCUT2D eigenvalue weighted by Gasteiger charge is -2.23. The van der Waals surface area contributed by atoms with Crippen LogP contribution in [0.15, 0.2) is 47.6 Å². The molecule has 15 heavy (non-hydrogen) atoms. The lowest BCUT2D eigenvalue weighted by atomic mass is 9.81. The molecule has 0 saturated heterocycles. The van der Waals surface area contributed by atoms with Crippen molar-refractivity contribution in [3.05, 3.63) is 59.5 Å². The Kier molecular flexibility index (Phi) is 2.77. The van der Waals surface area contributed by atoms with E-state index in [0.29, 0.717) is 5.92 Å². The summed E-state index contributed by atoms with van der Waals surface area (Å²) in [6, 6.07) is 10.7. The summed E-state index contributed by atoms with van der Waals surface area (Å²) in [6.45, 7) is 6.64. The minimum atomic E-state index is 0.525. The van der Waals surface area contributed by atoms with E-state index in [1.165, 1.54) is 22.3 Å². The van der Waals surface area contributed by atoms with Gasteiger partial charge in [-0.3, -0.25) is 0 Å². The third-order valence-corrected chi connectivity index (χ3v) is 2.92. The summed E-state index contributed by atoms with van der Waals surface area (Å²) in [5, 5.41) is 0. The summed E-state index contributed by atoms with van der Waals surface area (Å²) < 4.78 is 0. The Hall–Kier alpha value is -1.30. The van der Waals surface area contributed by atoms with Gasteiger partial charge in [-0.25, -0.2) is 0 Å². The molecule has 0 saturated carbocycles.